The highest BCUT2D eigenvalue weighted by molar-refractivity contribution is 5.93. The summed E-state index contributed by atoms with van der Waals surface area (Å²) in [6.45, 7) is 6.60. The molecule has 20 heteroatoms. The molecule has 0 unspecified atom stereocenters. The van der Waals surface area contributed by atoms with E-state index in [1.54, 1.807) is 31.2 Å². The van der Waals surface area contributed by atoms with E-state index in [0.717, 1.165) is 17.7 Å². The van der Waals surface area contributed by atoms with Crippen LogP contribution in [-0.4, -0.2) is 85.7 Å². The first kappa shape index (κ1) is 51.5. The van der Waals surface area contributed by atoms with Crippen molar-refractivity contribution in [3.8, 4) is 23.0 Å². The molecule has 318 valence electrons. The monoisotopic (exact) mass is 836 g/mol. The van der Waals surface area contributed by atoms with Crippen molar-refractivity contribution in [2.24, 2.45) is 0 Å². The third-order valence-corrected chi connectivity index (χ3v) is 7.16. The molecular weight excluding hydrogens is 796 g/mol. The fourth-order valence-corrected chi connectivity index (χ4v) is 4.25. The number of aromatic hydroxyl groups is 4. The molecule has 0 saturated heterocycles. The van der Waals surface area contributed by atoms with Crippen LogP contribution in [0.5, 0.6) is 23.0 Å². The van der Waals surface area contributed by atoms with Crippen molar-refractivity contribution >= 4 is 41.2 Å². The summed E-state index contributed by atoms with van der Waals surface area (Å²) >= 11 is 0. The van der Waals surface area contributed by atoms with Crippen molar-refractivity contribution in [3.05, 3.63) is 161 Å². The van der Waals surface area contributed by atoms with Gasteiger partial charge in [-0.2, -0.15) is 0 Å². The van der Waals surface area contributed by atoms with Crippen molar-refractivity contribution in [1.82, 2.24) is 0 Å². The van der Waals surface area contributed by atoms with Crippen LogP contribution in [0, 0.1) is 47.9 Å². The lowest BCUT2D eigenvalue weighted by Crippen LogP contribution is -2.00. The van der Waals surface area contributed by atoms with Gasteiger partial charge in [-0.05, 0) is 105 Å². The number of nitrogens with zero attached hydrogens (tertiary/aromatic N) is 2. The number of hydrogen-bond donors (Lipinski definition) is 9. The number of benzene rings is 5. The maximum Gasteiger partial charge on any atom is 0.339 e. The van der Waals surface area contributed by atoms with Gasteiger partial charge in [-0.1, -0.05) is 31.2 Å². The number of nitro groups is 2. The van der Waals surface area contributed by atoms with Gasteiger partial charge in [0.05, 0.1) is 26.5 Å². The van der Waals surface area contributed by atoms with Crippen LogP contribution >= 0.6 is 0 Å². The summed E-state index contributed by atoms with van der Waals surface area (Å²) in [7, 11) is 0. The smallest absolute Gasteiger partial charge is 0.339 e. The Morgan fingerprint density at radius 3 is 1.17 bits per heavy atom. The van der Waals surface area contributed by atoms with Gasteiger partial charge in [-0.3, -0.25) is 20.2 Å². The van der Waals surface area contributed by atoms with Gasteiger partial charge in [0.2, 0.25) is 11.5 Å². The van der Waals surface area contributed by atoms with E-state index in [0.29, 0.717) is 22.3 Å². The SMILES string of the molecule is C.Cc1cc(C(=O)O)c(O)c([N+](=O)[O-])c1.Cc1cc(C(=O)O)c(O)c([N+](=O)[O-])c1.Cc1cc(C(=O)O)ccc1O.Cc1ccc(C(=O)O)cc1.O=C(O)c1cccc(O)c1. The molecule has 60 heavy (non-hydrogen) atoms. The van der Waals surface area contributed by atoms with Crippen LogP contribution in [0.2, 0.25) is 0 Å². The van der Waals surface area contributed by atoms with E-state index in [9.17, 15) is 54.4 Å². The van der Waals surface area contributed by atoms with Gasteiger partial charge >= 0.3 is 41.2 Å². The van der Waals surface area contributed by atoms with Crippen molar-refractivity contribution in [2.45, 2.75) is 35.1 Å². The van der Waals surface area contributed by atoms with Gasteiger partial charge in [0.25, 0.3) is 0 Å². The first-order chi connectivity index (χ1) is 27.4. The van der Waals surface area contributed by atoms with Gasteiger partial charge in [-0.15, -0.1) is 0 Å². The summed E-state index contributed by atoms with van der Waals surface area (Å²) in [6.07, 6.45) is 0. The Morgan fingerprint density at radius 1 is 0.467 bits per heavy atom. The fourth-order valence-electron chi connectivity index (χ4n) is 4.25. The Balaban J connectivity index is 0.000000728. The average molecular weight is 837 g/mol. The zero-order valence-corrected chi connectivity index (χ0v) is 31.3. The van der Waals surface area contributed by atoms with Crippen LogP contribution < -0.4 is 0 Å². The maximum atomic E-state index is 10.6. The number of hydrogen-bond acceptors (Lipinski definition) is 13. The minimum atomic E-state index is -1.39. The molecule has 20 nitrogen and oxygen atoms in total. The number of rotatable bonds is 7. The molecule has 5 rings (SSSR count). The van der Waals surface area contributed by atoms with Gasteiger partial charge in [0.15, 0.2) is 0 Å². The Labute approximate surface area is 340 Å². The normalized spacial score (nSPS) is 9.40. The van der Waals surface area contributed by atoms with E-state index >= 15 is 0 Å². The molecule has 0 atom stereocenters. The lowest BCUT2D eigenvalue weighted by molar-refractivity contribution is -0.386. The summed E-state index contributed by atoms with van der Waals surface area (Å²) in [4.78, 5) is 71.2. The summed E-state index contributed by atoms with van der Waals surface area (Å²) in [6, 6.07) is 21.0. The largest absolute Gasteiger partial charge is 0.508 e. The second kappa shape index (κ2) is 23.5. The number of carboxylic acids is 5. The van der Waals surface area contributed by atoms with Gasteiger partial charge in [-0.25, -0.2) is 24.0 Å². The van der Waals surface area contributed by atoms with E-state index in [1.807, 2.05) is 6.92 Å². The topological polar surface area (TPSA) is 354 Å². The standard InChI is InChI=1S/2C8H7NO5.C8H8O3.C8H8O2.C7H6O3.CH4/c2*1-4-2-5(8(11)12)7(10)6(3-4)9(13)14;1-5-4-6(8(10)11)2-3-7(5)9;1-6-2-4-7(5-3-6)8(9)10;8-6-3-1-2-5(4-6)7(9)10;/h2*2-3,10H,1H3,(H,11,12);2-4,9H,1H3,(H,10,11);2-5H,1H3,(H,9,10);1-4,8H,(H,9,10);1H4. The summed E-state index contributed by atoms with van der Waals surface area (Å²) in [5, 5.41) is 99.7. The maximum absolute atomic E-state index is 10.6. The molecule has 5 aromatic carbocycles. The Morgan fingerprint density at radius 2 is 0.850 bits per heavy atom. The molecule has 9 N–H and O–H groups in total. The van der Waals surface area contributed by atoms with E-state index in [1.165, 1.54) is 68.4 Å². The van der Waals surface area contributed by atoms with Crippen LogP contribution in [0.3, 0.4) is 0 Å². The number of carbonyl (C=O) groups is 5. The molecule has 0 amide bonds. The van der Waals surface area contributed by atoms with E-state index in [-0.39, 0.29) is 30.1 Å². The third kappa shape index (κ3) is 16.3. The molecule has 0 saturated carbocycles. The molecular formula is C40H40N2O18. The average Bonchev–Trinajstić information content (AvgIpc) is 3.15. The lowest BCUT2D eigenvalue weighted by atomic mass is 10.1. The molecule has 0 bridgehead atoms. The van der Waals surface area contributed by atoms with E-state index in [2.05, 4.69) is 0 Å². The second-order valence-corrected chi connectivity index (χ2v) is 11.8. The zero-order valence-electron chi connectivity index (χ0n) is 31.3. The Hall–Kier alpha value is -8.55. The Kier molecular flexibility index (Phi) is 20.2. The van der Waals surface area contributed by atoms with Crippen molar-refractivity contribution in [1.29, 1.82) is 0 Å². The van der Waals surface area contributed by atoms with Crippen LogP contribution in [0.1, 0.15) is 81.5 Å². The number of phenols is 4. The number of nitro benzene ring substituents is 2. The zero-order chi connectivity index (χ0) is 45.3. The molecule has 0 radical (unpaired) electrons. The highest BCUT2D eigenvalue weighted by atomic mass is 16.6. The van der Waals surface area contributed by atoms with Gasteiger partial charge in [0.1, 0.15) is 22.6 Å². The summed E-state index contributed by atoms with van der Waals surface area (Å²) < 4.78 is 0. The molecule has 0 fully saturated rings. The molecule has 0 aliphatic rings. The molecule has 0 aliphatic carbocycles. The first-order valence-electron chi connectivity index (χ1n) is 16.2. The summed E-state index contributed by atoms with van der Waals surface area (Å²) in [5.41, 5.74) is 0.984. The minimum Gasteiger partial charge on any atom is -0.508 e. The van der Waals surface area contributed by atoms with E-state index < -0.39 is 73.7 Å². The number of aryl methyl sites for hydroxylation is 4. The molecule has 0 spiro atoms. The number of carboxylic acid groups (broad SMARTS) is 5. The van der Waals surface area contributed by atoms with Crippen LogP contribution in [0.25, 0.3) is 0 Å². The lowest BCUT2D eigenvalue weighted by Gasteiger charge is -2.01. The second-order valence-electron chi connectivity index (χ2n) is 11.8. The molecule has 0 heterocycles. The van der Waals surface area contributed by atoms with Crippen LogP contribution in [-0.2, 0) is 0 Å². The fraction of sp³-hybridized carbons (Fsp3) is 0.125. The highest BCUT2D eigenvalue weighted by Gasteiger charge is 2.22. The first-order valence-corrected chi connectivity index (χ1v) is 16.2. The predicted octanol–water partition coefficient (Wildman–Crippen LogP) is 7.43. The highest BCUT2D eigenvalue weighted by Crippen LogP contribution is 2.32. The molecule has 5 aromatic rings. The minimum absolute atomic E-state index is 0. The molecule has 0 aromatic heterocycles. The van der Waals surface area contributed by atoms with Gasteiger partial charge < -0.3 is 46.0 Å². The van der Waals surface area contributed by atoms with Crippen LogP contribution in [0.15, 0.2) is 91.0 Å². The molecule has 0 aliphatic heterocycles. The number of aromatic carboxylic acids is 5. The summed E-state index contributed by atoms with van der Waals surface area (Å²) in [5.74, 6) is -7.20. The predicted molar refractivity (Wildman–Crippen MR) is 213 cm³/mol. The van der Waals surface area contributed by atoms with Crippen molar-refractivity contribution < 1.29 is 79.8 Å². The number of phenolic OH excluding ortho intramolecular Hbond substituents is 2. The van der Waals surface area contributed by atoms with Crippen molar-refractivity contribution in [3.63, 3.8) is 0 Å². The van der Waals surface area contributed by atoms with E-state index in [4.69, 9.17) is 35.7 Å². The van der Waals surface area contributed by atoms with Gasteiger partial charge in [0, 0.05) is 12.1 Å². The quantitative estimate of drug-likeness (QED) is 0.0568. The van der Waals surface area contributed by atoms with Crippen molar-refractivity contribution in [2.75, 3.05) is 0 Å². The third-order valence-electron chi connectivity index (χ3n) is 7.16. The van der Waals surface area contributed by atoms with Crippen LogP contribution in [0.4, 0.5) is 11.4 Å². The Bertz CT molecular complexity index is 2220.